The normalized spacial score (nSPS) is 10.8. The number of amides is 2. The third-order valence-corrected chi connectivity index (χ3v) is 5.96. The van der Waals surface area contributed by atoms with E-state index in [1.165, 1.54) is 36.7 Å². The molecule has 0 fully saturated rings. The number of aromatic nitrogens is 3. The zero-order valence-electron chi connectivity index (χ0n) is 21.4. The minimum atomic E-state index is -0.614. The summed E-state index contributed by atoms with van der Waals surface area (Å²) in [4.78, 5) is 46.9. The molecule has 5 aromatic rings. The lowest BCUT2D eigenvalue weighted by molar-refractivity contribution is 0.0947. The number of nitrogens with one attached hydrogen (secondary N) is 2. The molecule has 0 unspecified atom stereocenters. The van der Waals surface area contributed by atoms with Crippen LogP contribution in [0.25, 0.3) is 16.7 Å². The molecule has 2 N–H and O–H groups in total. The lowest BCUT2D eigenvalue weighted by Gasteiger charge is -2.13. The van der Waals surface area contributed by atoms with Gasteiger partial charge in [-0.15, -0.1) is 0 Å². The first kappa shape index (κ1) is 26.2. The van der Waals surface area contributed by atoms with Gasteiger partial charge in [-0.1, -0.05) is 6.92 Å². The summed E-state index contributed by atoms with van der Waals surface area (Å²) >= 11 is 0. The van der Waals surface area contributed by atoms with E-state index in [-0.39, 0.29) is 22.6 Å². The molecule has 10 heteroatoms. The number of nitrogens with zero attached hydrogens (tertiary/aromatic N) is 3. The fourth-order valence-electron chi connectivity index (χ4n) is 3.99. The molecule has 0 saturated heterocycles. The fraction of sp³-hybridized carbons (Fsp3) is 0.100. The van der Waals surface area contributed by atoms with Gasteiger partial charge in [0, 0.05) is 42.6 Å². The highest BCUT2D eigenvalue weighted by atomic mass is 19.1. The summed E-state index contributed by atoms with van der Waals surface area (Å²) in [7, 11) is 0. The van der Waals surface area contributed by atoms with Crippen LogP contribution in [-0.4, -0.2) is 32.9 Å². The van der Waals surface area contributed by atoms with E-state index in [1.807, 2.05) is 6.92 Å². The molecule has 0 bridgehead atoms. The quantitative estimate of drug-likeness (QED) is 0.285. The molecule has 0 radical (unpaired) electrons. The Hall–Kier alpha value is -5.38. The van der Waals surface area contributed by atoms with Crippen molar-refractivity contribution < 1.29 is 18.7 Å². The molecule has 2 amide bonds. The van der Waals surface area contributed by atoms with E-state index in [0.29, 0.717) is 35.1 Å². The van der Waals surface area contributed by atoms with Crippen LogP contribution in [0.3, 0.4) is 0 Å². The molecule has 2 aromatic carbocycles. The van der Waals surface area contributed by atoms with Gasteiger partial charge in [-0.05, 0) is 73.2 Å². The van der Waals surface area contributed by atoms with Gasteiger partial charge in [0.15, 0.2) is 0 Å². The van der Waals surface area contributed by atoms with Gasteiger partial charge in [0.1, 0.15) is 34.2 Å². The first-order valence-electron chi connectivity index (χ1n) is 12.5. The molecule has 9 nitrogen and oxygen atoms in total. The summed E-state index contributed by atoms with van der Waals surface area (Å²) < 4.78 is 20.9. The third kappa shape index (κ3) is 5.70. The maximum Gasteiger partial charge on any atom is 0.270 e. The number of anilines is 1. The summed E-state index contributed by atoms with van der Waals surface area (Å²) in [5.74, 6) is -0.404. The molecule has 0 aliphatic heterocycles. The first-order chi connectivity index (χ1) is 19.4. The van der Waals surface area contributed by atoms with Crippen LogP contribution in [0.1, 0.15) is 34.2 Å². The molecule has 0 aliphatic rings. The van der Waals surface area contributed by atoms with Crippen molar-refractivity contribution >= 4 is 28.5 Å². The zero-order chi connectivity index (χ0) is 28.1. The van der Waals surface area contributed by atoms with Crippen LogP contribution < -0.4 is 20.8 Å². The van der Waals surface area contributed by atoms with Crippen LogP contribution >= 0.6 is 0 Å². The molecule has 40 heavy (non-hydrogen) atoms. The lowest BCUT2D eigenvalue weighted by Crippen LogP contribution is -2.24. The second-order valence-electron chi connectivity index (χ2n) is 8.81. The smallest absolute Gasteiger partial charge is 0.270 e. The SMILES string of the molecule is CCCNC(=O)c1cc(Oc2ccc(NC(=O)c3cn(-c4ccc(F)cc4)c4ncccc4c3=O)cc2)ccn1. The third-order valence-electron chi connectivity index (χ3n) is 5.96. The molecular weight excluding hydrogens is 513 g/mol. The Balaban J connectivity index is 1.36. The van der Waals surface area contributed by atoms with Crippen molar-refractivity contribution in [2.45, 2.75) is 13.3 Å². The van der Waals surface area contributed by atoms with Gasteiger partial charge < -0.3 is 19.9 Å². The van der Waals surface area contributed by atoms with Crippen LogP contribution in [0, 0.1) is 5.82 Å². The number of fused-ring (bicyclic) bond motifs is 1. The van der Waals surface area contributed by atoms with Gasteiger partial charge in [-0.3, -0.25) is 19.4 Å². The largest absolute Gasteiger partial charge is 0.457 e. The van der Waals surface area contributed by atoms with Crippen LogP contribution in [0.5, 0.6) is 11.5 Å². The Morgan fingerprint density at radius 2 is 1.70 bits per heavy atom. The van der Waals surface area contributed by atoms with Crippen molar-refractivity contribution in [3.05, 3.63) is 119 Å². The van der Waals surface area contributed by atoms with Gasteiger partial charge in [0.05, 0.1) is 5.39 Å². The highest BCUT2D eigenvalue weighted by Gasteiger charge is 2.17. The average Bonchev–Trinajstić information content (AvgIpc) is 2.98. The van der Waals surface area contributed by atoms with E-state index in [4.69, 9.17) is 4.74 Å². The van der Waals surface area contributed by atoms with Crippen molar-refractivity contribution in [1.29, 1.82) is 0 Å². The minimum Gasteiger partial charge on any atom is -0.457 e. The highest BCUT2D eigenvalue weighted by molar-refractivity contribution is 6.05. The number of halogens is 1. The first-order valence-corrected chi connectivity index (χ1v) is 12.5. The number of rotatable bonds is 8. The van der Waals surface area contributed by atoms with Gasteiger partial charge in [-0.2, -0.15) is 0 Å². The van der Waals surface area contributed by atoms with Gasteiger partial charge in [-0.25, -0.2) is 9.37 Å². The predicted octanol–water partition coefficient (Wildman–Crippen LogP) is 5.10. The van der Waals surface area contributed by atoms with Crippen molar-refractivity contribution in [2.75, 3.05) is 11.9 Å². The number of carbonyl (C=O) groups is 2. The van der Waals surface area contributed by atoms with E-state index in [1.54, 1.807) is 59.3 Å². The summed E-state index contributed by atoms with van der Waals surface area (Å²) in [6.07, 6.45) is 5.24. The van der Waals surface area contributed by atoms with E-state index in [9.17, 15) is 18.8 Å². The molecule has 200 valence electrons. The van der Waals surface area contributed by atoms with E-state index >= 15 is 0 Å². The van der Waals surface area contributed by atoms with E-state index in [2.05, 4.69) is 20.6 Å². The number of pyridine rings is 3. The molecular formula is C30H24FN5O4. The highest BCUT2D eigenvalue weighted by Crippen LogP contribution is 2.24. The Morgan fingerprint density at radius 1 is 0.925 bits per heavy atom. The number of hydrogen-bond acceptors (Lipinski definition) is 6. The Bertz CT molecular complexity index is 1750. The maximum absolute atomic E-state index is 13.5. The maximum atomic E-state index is 13.5. The van der Waals surface area contributed by atoms with Gasteiger partial charge >= 0.3 is 0 Å². The molecule has 0 spiro atoms. The second kappa shape index (κ2) is 11.6. The number of benzene rings is 2. The minimum absolute atomic E-state index is 0.101. The molecule has 3 aromatic heterocycles. The summed E-state index contributed by atoms with van der Waals surface area (Å²) in [6.45, 7) is 2.51. The molecule has 5 rings (SSSR count). The summed E-state index contributed by atoms with van der Waals surface area (Å²) in [5.41, 5.74) is 0.991. The van der Waals surface area contributed by atoms with Crippen LogP contribution in [0.2, 0.25) is 0 Å². The van der Waals surface area contributed by atoms with Crippen LogP contribution in [-0.2, 0) is 0 Å². The van der Waals surface area contributed by atoms with Gasteiger partial charge in [0.2, 0.25) is 5.43 Å². The van der Waals surface area contributed by atoms with Crippen LogP contribution in [0.15, 0.2) is 96.2 Å². The van der Waals surface area contributed by atoms with Crippen molar-refractivity contribution in [2.24, 2.45) is 0 Å². The molecule has 3 heterocycles. The predicted molar refractivity (Wildman–Crippen MR) is 149 cm³/mol. The average molecular weight is 538 g/mol. The monoisotopic (exact) mass is 537 g/mol. The summed E-state index contributed by atoms with van der Waals surface area (Å²) in [5, 5.41) is 5.76. The number of carbonyl (C=O) groups excluding carboxylic acids is 2. The Labute approximate surface area is 228 Å². The van der Waals surface area contributed by atoms with Gasteiger partial charge in [0.25, 0.3) is 11.8 Å². The number of hydrogen-bond donors (Lipinski definition) is 2. The molecule has 0 saturated carbocycles. The van der Waals surface area contributed by atoms with Crippen molar-refractivity contribution in [3.8, 4) is 17.2 Å². The Morgan fingerprint density at radius 3 is 2.45 bits per heavy atom. The van der Waals surface area contributed by atoms with Crippen molar-refractivity contribution in [3.63, 3.8) is 0 Å². The fourth-order valence-corrected chi connectivity index (χ4v) is 3.99. The summed E-state index contributed by atoms with van der Waals surface area (Å²) in [6, 6.07) is 18.6. The Kier molecular flexibility index (Phi) is 7.58. The van der Waals surface area contributed by atoms with Crippen molar-refractivity contribution in [1.82, 2.24) is 19.9 Å². The lowest BCUT2D eigenvalue weighted by atomic mass is 10.1. The topological polar surface area (TPSA) is 115 Å². The zero-order valence-corrected chi connectivity index (χ0v) is 21.4. The van der Waals surface area contributed by atoms with E-state index < -0.39 is 17.2 Å². The number of ether oxygens (including phenoxy) is 1. The molecule has 0 aliphatic carbocycles. The molecule has 0 atom stereocenters. The second-order valence-corrected chi connectivity index (χ2v) is 8.81. The van der Waals surface area contributed by atoms with E-state index in [0.717, 1.165) is 6.42 Å². The van der Waals surface area contributed by atoms with Crippen LogP contribution in [0.4, 0.5) is 10.1 Å². The standard InChI is InChI=1S/C30H24FN5O4/c1-2-14-34-30(39)26-17-23(13-16-32-26)40-22-11-7-20(8-12-22)35-29(38)25-18-36(21-9-5-19(31)6-10-21)28-24(27(25)37)4-3-15-33-28/h3-13,15-18H,2,14H2,1H3,(H,34,39)(H,35,38).